The van der Waals surface area contributed by atoms with Gasteiger partial charge in [-0.25, -0.2) is 4.79 Å². The van der Waals surface area contributed by atoms with Gasteiger partial charge < -0.3 is 10.4 Å². The van der Waals surface area contributed by atoms with Gasteiger partial charge in [0, 0.05) is 13.0 Å². The van der Waals surface area contributed by atoms with E-state index in [4.69, 9.17) is 10.4 Å². The Morgan fingerprint density at radius 3 is 2.47 bits per heavy atom. The van der Waals surface area contributed by atoms with Crippen LogP contribution in [0.4, 0.5) is 4.79 Å². The standard InChI is InChI=1S/C10H14N4O5/c11-6-7(14-19)9(17)13-10(18)12-5-3-1-2-4-8(15)16/h7H,1-5H2,(H,15,16)(H2,12,13,17,18). The molecule has 104 valence electrons. The summed E-state index contributed by atoms with van der Waals surface area (Å²) in [6, 6.07) is -1.25. The van der Waals surface area contributed by atoms with E-state index in [-0.39, 0.29) is 13.0 Å². The molecule has 0 rings (SSSR count). The van der Waals surface area contributed by atoms with Crippen LogP contribution in [-0.4, -0.2) is 35.6 Å². The first-order chi connectivity index (χ1) is 9.01. The van der Waals surface area contributed by atoms with Gasteiger partial charge in [0.2, 0.25) is 0 Å². The van der Waals surface area contributed by atoms with Crippen molar-refractivity contribution >= 4 is 17.9 Å². The molecule has 0 bridgehead atoms. The van der Waals surface area contributed by atoms with E-state index in [1.165, 1.54) is 6.07 Å². The topological polar surface area (TPSA) is 149 Å². The molecule has 1 unspecified atom stereocenters. The van der Waals surface area contributed by atoms with Gasteiger partial charge in [0.15, 0.2) is 0 Å². The van der Waals surface area contributed by atoms with Crippen LogP contribution in [0.2, 0.25) is 0 Å². The molecule has 0 radical (unpaired) electrons. The highest BCUT2D eigenvalue weighted by atomic mass is 16.4. The van der Waals surface area contributed by atoms with Gasteiger partial charge in [0.05, 0.1) is 0 Å². The van der Waals surface area contributed by atoms with Crippen LogP contribution in [0, 0.1) is 16.2 Å². The van der Waals surface area contributed by atoms with Crippen molar-refractivity contribution in [1.82, 2.24) is 10.6 Å². The summed E-state index contributed by atoms with van der Waals surface area (Å²) < 4.78 is 0. The maximum absolute atomic E-state index is 11.1. The normalized spacial score (nSPS) is 10.9. The Labute approximate surface area is 108 Å². The third-order valence-electron chi connectivity index (χ3n) is 2.07. The minimum Gasteiger partial charge on any atom is -0.481 e. The molecule has 0 aromatic heterocycles. The number of carbonyl (C=O) groups excluding carboxylic acids is 2. The Kier molecular flexibility index (Phi) is 8.27. The molecule has 1 atom stereocenters. The Morgan fingerprint density at radius 2 is 1.95 bits per heavy atom. The zero-order chi connectivity index (χ0) is 14.7. The number of hydrogen-bond acceptors (Lipinski definition) is 6. The number of imide groups is 1. The van der Waals surface area contributed by atoms with E-state index in [1.807, 2.05) is 0 Å². The minimum absolute atomic E-state index is 0.0690. The number of unbranched alkanes of at least 4 members (excludes halogenated alkanes) is 2. The predicted molar refractivity (Wildman–Crippen MR) is 62.8 cm³/mol. The van der Waals surface area contributed by atoms with Crippen molar-refractivity contribution in [3.05, 3.63) is 4.91 Å². The van der Waals surface area contributed by atoms with Crippen LogP contribution in [0.1, 0.15) is 25.7 Å². The number of carbonyl (C=O) groups is 3. The second-order valence-electron chi connectivity index (χ2n) is 3.59. The number of hydrogen-bond donors (Lipinski definition) is 3. The molecule has 0 aromatic rings. The Balaban J connectivity index is 3.71. The van der Waals surface area contributed by atoms with Crippen LogP contribution < -0.4 is 10.6 Å². The molecule has 0 fully saturated rings. The monoisotopic (exact) mass is 270 g/mol. The maximum atomic E-state index is 11.1. The Bertz CT molecular complexity index is 390. The first-order valence-electron chi connectivity index (χ1n) is 5.53. The fourth-order valence-corrected chi connectivity index (χ4v) is 1.13. The minimum atomic E-state index is -1.75. The molecule has 0 aliphatic rings. The second kappa shape index (κ2) is 9.52. The van der Waals surface area contributed by atoms with Gasteiger partial charge in [-0.05, 0) is 18.0 Å². The maximum Gasteiger partial charge on any atom is 0.321 e. The van der Waals surface area contributed by atoms with Gasteiger partial charge in [-0.2, -0.15) is 5.26 Å². The number of aliphatic carboxylic acids is 1. The van der Waals surface area contributed by atoms with Gasteiger partial charge in [-0.3, -0.25) is 14.9 Å². The molecule has 9 nitrogen and oxygen atoms in total. The van der Waals surface area contributed by atoms with Crippen LogP contribution in [-0.2, 0) is 9.59 Å². The Morgan fingerprint density at radius 1 is 1.26 bits per heavy atom. The van der Waals surface area contributed by atoms with Gasteiger partial charge >= 0.3 is 12.0 Å². The largest absolute Gasteiger partial charge is 0.481 e. The highest BCUT2D eigenvalue weighted by molar-refractivity contribution is 5.98. The molecule has 0 saturated heterocycles. The van der Waals surface area contributed by atoms with E-state index in [9.17, 15) is 19.3 Å². The average molecular weight is 270 g/mol. The lowest BCUT2D eigenvalue weighted by Gasteiger charge is -2.06. The summed E-state index contributed by atoms with van der Waals surface area (Å²) in [4.78, 5) is 42.5. The van der Waals surface area contributed by atoms with Crippen LogP contribution in [0.5, 0.6) is 0 Å². The molecule has 0 aliphatic carbocycles. The van der Waals surface area contributed by atoms with Gasteiger partial charge in [-0.15, -0.1) is 4.91 Å². The molecule has 0 aromatic carbocycles. The molecule has 19 heavy (non-hydrogen) atoms. The molecule has 9 heteroatoms. The SMILES string of the molecule is N#CC(N=O)C(=O)NC(=O)NCCCCCC(=O)O. The van der Waals surface area contributed by atoms with Crippen molar-refractivity contribution in [3.63, 3.8) is 0 Å². The molecule has 0 spiro atoms. The molecule has 0 heterocycles. The fraction of sp³-hybridized carbons (Fsp3) is 0.600. The third kappa shape index (κ3) is 8.25. The van der Waals surface area contributed by atoms with Crippen molar-refractivity contribution < 1.29 is 19.5 Å². The smallest absolute Gasteiger partial charge is 0.321 e. The summed E-state index contributed by atoms with van der Waals surface area (Å²) in [6.45, 7) is 0.254. The summed E-state index contributed by atoms with van der Waals surface area (Å²) in [7, 11) is 0. The van der Waals surface area contributed by atoms with Gasteiger partial charge in [0.25, 0.3) is 11.9 Å². The molecular weight excluding hydrogens is 256 g/mol. The first-order valence-corrected chi connectivity index (χ1v) is 5.53. The average Bonchev–Trinajstić information content (AvgIpc) is 2.34. The van der Waals surface area contributed by atoms with E-state index in [1.54, 1.807) is 5.32 Å². The number of urea groups is 1. The number of nitriles is 1. The van der Waals surface area contributed by atoms with E-state index in [0.29, 0.717) is 19.3 Å². The number of nitrogens with one attached hydrogen (secondary N) is 2. The van der Waals surface area contributed by atoms with Crippen molar-refractivity contribution in [1.29, 1.82) is 5.26 Å². The molecule has 0 saturated carbocycles. The number of nitrogens with zero attached hydrogens (tertiary/aromatic N) is 2. The predicted octanol–water partition coefficient (Wildman–Crippen LogP) is 0.116. The van der Waals surface area contributed by atoms with Crippen molar-refractivity contribution in [3.8, 4) is 6.07 Å². The van der Waals surface area contributed by atoms with Gasteiger partial charge in [0.1, 0.15) is 6.07 Å². The zero-order valence-corrected chi connectivity index (χ0v) is 10.1. The van der Waals surface area contributed by atoms with E-state index < -0.39 is 23.9 Å². The molecule has 3 amide bonds. The summed E-state index contributed by atoms with van der Waals surface area (Å²) in [5.41, 5.74) is 0. The summed E-state index contributed by atoms with van der Waals surface area (Å²) in [6.07, 6.45) is 1.75. The lowest BCUT2D eigenvalue weighted by atomic mass is 10.2. The lowest BCUT2D eigenvalue weighted by molar-refractivity contribution is -0.137. The Hall–Kier alpha value is -2.50. The molecule has 3 N–H and O–H groups in total. The van der Waals surface area contributed by atoms with Crippen LogP contribution in [0.3, 0.4) is 0 Å². The zero-order valence-electron chi connectivity index (χ0n) is 10.1. The van der Waals surface area contributed by atoms with Crippen LogP contribution in [0.15, 0.2) is 5.18 Å². The van der Waals surface area contributed by atoms with Crippen molar-refractivity contribution in [2.45, 2.75) is 31.7 Å². The second-order valence-corrected chi connectivity index (χ2v) is 3.59. The summed E-state index contributed by atoms with van der Waals surface area (Å²) in [5, 5.41) is 23.1. The van der Waals surface area contributed by atoms with Gasteiger partial charge in [-0.1, -0.05) is 6.42 Å². The van der Waals surface area contributed by atoms with E-state index in [0.717, 1.165) is 0 Å². The quantitative estimate of drug-likeness (QED) is 0.421. The molecule has 0 aliphatic heterocycles. The summed E-state index contributed by atoms with van der Waals surface area (Å²) >= 11 is 0. The fourth-order valence-electron chi connectivity index (χ4n) is 1.13. The highest BCUT2D eigenvalue weighted by Gasteiger charge is 2.20. The van der Waals surface area contributed by atoms with E-state index in [2.05, 4.69) is 10.5 Å². The van der Waals surface area contributed by atoms with Crippen molar-refractivity contribution in [2.24, 2.45) is 5.18 Å². The lowest BCUT2D eigenvalue weighted by Crippen LogP contribution is -2.43. The first kappa shape index (κ1) is 16.5. The van der Waals surface area contributed by atoms with Crippen LogP contribution >= 0.6 is 0 Å². The number of amides is 3. The van der Waals surface area contributed by atoms with Crippen molar-refractivity contribution in [2.75, 3.05) is 6.54 Å². The number of carboxylic acid groups (broad SMARTS) is 1. The number of nitroso groups, excluding NO2 is 1. The highest BCUT2D eigenvalue weighted by Crippen LogP contribution is 1.98. The number of rotatable bonds is 8. The molecular formula is C10H14N4O5. The third-order valence-corrected chi connectivity index (χ3v) is 2.07. The number of carboxylic acids is 1. The van der Waals surface area contributed by atoms with E-state index >= 15 is 0 Å². The van der Waals surface area contributed by atoms with Crippen LogP contribution in [0.25, 0.3) is 0 Å². The summed E-state index contributed by atoms with van der Waals surface area (Å²) in [5.74, 6) is -1.96.